The van der Waals surface area contributed by atoms with E-state index in [4.69, 9.17) is 14.2 Å². The Balaban J connectivity index is 1.51. The van der Waals surface area contributed by atoms with Crippen molar-refractivity contribution in [1.29, 1.82) is 0 Å². The lowest BCUT2D eigenvalue weighted by Gasteiger charge is -2.12. The van der Waals surface area contributed by atoms with Crippen LogP contribution in [-0.2, 0) is 9.47 Å². The van der Waals surface area contributed by atoms with Gasteiger partial charge >= 0.3 is 6.16 Å². The number of nitro benzene ring substituents is 1. The van der Waals surface area contributed by atoms with Crippen molar-refractivity contribution < 1.29 is 23.9 Å². The molecule has 0 amide bonds. The molecule has 2 aliphatic rings. The monoisotopic (exact) mass is 293 g/mol. The van der Waals surface area contributed by atoms with Crippen molar-refractivity contribution in [2.24, 2.45) is 5.92 Å². The molecule has 7 nitrogen and oxygen atoms in total. The molecule has 2 fully saturated rings. The summed E-state index contributed by atoms with van der Waals surface area (Å²) < 4.78 is 15.8. The van der Waals surface area contributed by atoms with Gasteiger partial charge in [-0.1, -0.05) is 0 Å². The fraction of sp³-hybridized carbons (Fsp3) is 0.500. The molecule has 0 bridgehead atoms. The second-order valence-electron chi connectivity index (χ2n) is 5.27. The molecule has 1 aromatic rings. The Bertz CT molecular complexity index is 531. The molecule has 0 spiro atoms. The van der Waals surface area contributed by atoms with Crippen molar-refractivity contribution in [2.75, 3.05) is 6.61 Å². The van der Waals surface area contributed by atoms with Crippen LogP contribution in [0.4, 0.5) is 10.5 Å². The quantitative estimate of drug-likeness (QED) is 0.368. The number of benzene rings is 1. The Morgan fingerprint density at radius 2 is 2.05 bits per heavy atom. The minimum Gasteiger partial charge on any atom is -0.431 e. The molecule has 3 unspecified atom stereocenters. The average Bonchev–Trinajstić information content (AvgIpc) is 3.00. The van der Waals surface area contributed by atoms with E-state index < -0.39 is 11.1 Å². The summed E-state index contributed by atoms with van der Waals surface area (Å²) >= 11 is 0. The van der Waals surface area contributed by atoms with E-state index in [1.54, 1.807) is 0 Å². The van der Waals surface area contributed by atoms with Gasteiger partial charge in [-0.2, -0.15) is 0 Å². The lowest BCUT2D eigenvalue weighted by Crippen LogP contribution is -2.19. The van der Waals surface area contributed by atoms with Crippen molar-refractivity contribution in [3.8, 4) is 5.75 Å². The minimum absolute atomic E-state index is 0.0588. The van der Waals surface area contributed by atoms with Crippen LogP contribution in [0.25, 0.3) is 0 Å². The highest BCUT2D eigenvalue weighted by molar-refractivity contribution is 5.64. The van der Waals surface area contributed by atoms with E-state index in [0.717, 1.165) is 19.4 Å². The van der Waals surface area contributed by atoms with Crippen molar-refractivity contribution in [1.82, 2.24) is 0 Å². The maximum atomic E-state index is 11.7. The Kier molecular flexibility index (Phi) is 3.74. The maximum Gasteiger partial charge on any atom is 0.514 e. The standard InChI is InChI=1S/C14H15NO6/c16-14(20-11-3-1-10(2-4-11)15(17)18)21-12-7-9-5-6-19-13(9)8-12/h1-4,9,12-13H,5-8H2. The number of rotatable bonds is 3. The van der Waals surface area contributed by atoms with Crippen molar-refractivity contribution in [2.45, 2.75) is 31.5 Å². The first-order valence-electron chi connectivity index (χ1n) is 6.86. The van der Waals surface area contributed by atoms with Crippen LogP contribution in [0.3, 0.4) is 0 Å². The van der Waals surface area contributed by atoms with Crippen LogP contribution in [0.15, 0.2) is 24.3 Å². The van der Waals surface area contributed by atoms with Gasteiger partial charge < -0.3 is 14.2 Å². The Morgan fingerprint density at radius 1 is 1.29 bits per heavy atom. The largest absolute Gasteiger partial charge is 0.514 e. The predicted octanol–water partition coefficient (Wildman–Crippen LogP) is 2.68. The lowest BCUT2D eigenvalue weighted by atomic mass is 10.1. The summed E-state index contributed by atoms with van der Waals surface area (Å²) in [6.07, 6.45) is 1.77. The summed E-state index contributed by atoms with van der Waals surface area (Å²) in [7, 11) is 0. The number of nitro groups is 1. The third-order valence-corrected chi connectivity index (χ3v) is 3.92. The Morgan fingerprint density at radius 3 is 2.71 bits per heavy atom. The number of carbonyl (C=O) groups is 1. The number of non-ortho nitro benzene ring substituents is 1. The highest BCUT2D eigenvalue weighted by Gasteiger charge is 2.40. The maximum absolute atomic E-state index is 11.7. The molecule has 0 aromatic heterocycles. The number of hydrogen-bond acceptors (Lipinski definition) is 6. The van der Waals surface area contributed by atoms with Gasteiger partial charge in [0, 0.05) is 25.2 Å². The molecule has 21 heavy (non-hydrogen) atoms. The summed E-state index contributed by atoms with van der Waals surface area (Å²) in [4.78, 5) is 21.7. The molecule has 3 rings (SSSR count). The summed E-state index contributed by atoms with van der Waals surface area (Å²) in [6.45, 7) is 0.787. The second kappa shape index (κ2) is 5.69. The Labute approximate surface area is 120 Å². The van der Waals surface area contributed by atoms with E-state index in [0.29, 0.717) is 12.3 Å². The van der Waals surface area contributed by atoms with Gasteiger partial charge in [-0.25, -0.2) is 4.79 Å². The first kappa shape index (κ1) is 13.8. The SMILES string of the molecule is O=C(Oc1ccc([N+](=O)[O-])cc1)OC1CC2CCOC2C1. The van der Waals surface area contributed by atoms with Crippen LogP contribution in [0, 0.1) is 16.0 Å². The molecule has 1 aliphatic heterocycles. The third-order valence-electron chi connectivity index (χ3n) is 3.92. The second-order valence-corrected chi connectivity index (χ2v) is 5.27. The summed E-state index contributed by atoms with van der Waals surface area (Å²) in [5.41, 5.74) is -0.0588. The van der Waals surface area contributed by atoms with E-state index in [9.17, 15) is 14.9 Å². The van der Waals surface area contributed by atoms with Crippen molar-refractivity contribution in [3.05, 3.63) is 34.4 Å². The number of fused-ring (bicyclic) bond motifs is 1. The highest BCUT2D eigenvalue weighted by atomic mass is 16.7. The zero-order chi connectivity index (χ0) is 14.8. The number of hydrogen-bond donors (Lipinski definition) is 0. The van der Waals surface area contributed by atoms with Gasteiger partial charge in [-0.3, -0.25) is 10.1 Å². The number of nitrogens with zero attached hydrogens (tertiary/aromatic N) is 1. The normalized spacial score (nSPS) is 27.1. The summed E-state index contributed by atoms with van der Waals surface area (Å²) in [5, 5.41) is 10.5. The topological polar surface area (TPSA) is 87.9 Å². The first-order valence-corrected chi connectivity index (χ1v) is 6.86. The number of carbonyl (C=O) groups excluding carboxylic acids is 1. The van der Waals surface area contributed by atoms with Crippen LogP contribution in [0.1, 0.15) is 19.3 Å². The number of ether oxygens (including phenoxy) is 3. The molecule has 1 saturated carbocycles. The minimum atomic E-state index is -0.783. The summed E-state index contributed by atoms with van der Waals surface area (Å²) in [6, 6.07) is 5.28. The van der Waals surface area contributed by atoms with Gasteiger partial charge in [-0.05, 0) is 30.9 Å². The smallest absolute Gasteiger partial charge is 0.431 e. The molecule has 1 aliphatic carbocycles. The zero-order valence-corrected chi connectivity index (χ0v) is 11.3. The van der Waals surface area contributed by atoms with Gasteiger partial charge in [0.05, 0.1) is 11.0 Å². The van der Waals surface area contributed by atoms with Crippen LogP contribution >= 0.6 is 0 Å². The van der Waals surface area contributed by atoms with Crippen LogP contribution in [0.2, 0.25) is 0 Å². The van der Waals surface area contributed by atoms with Crippen molar-refractivity contribution in [3.63, 3.8) is 0 Å². The van der Waals surface area contributed by atoms with Gasteiger partial charge in [0.15, 0.2) is 0 Å². The summed E-state index contributed by atoms with van der Waals surface area (Å²) in [5.74, 6) is 0.696. The fourth-order valence-corrected chi connectivity index (χ4v) is 2.90. The van der Waals surface area contributed by atoms with E-state index >= 15 is 0 Å². The van der Waals surface area contributed by atoms with E-state index in [-0.39, 0.29) is 23.6 Å². The average molecular weight is 293 g/mol. The van der Waals surface area contributed by atoms with E-state index in [1.165, 1.54) is 24.3 Å². The van der Waals surface area contributed by atoms with Gasteiger partial charge in [-0.15, -0.1) is 0 Å². The van der Waals surface area contributed by atoms with Crippen molar-refractivity contribution >= 4 is 11.8 Å². The molecule has 3 atom stereocenters. The van der Waals surface area contributed by atoms with E-state index in [1.807, 2.05) is 0 Å². The van der Waals surface area contributed by atoms with Crippen LogP contribution in [-0.4, -0.2) is 29.9 Å². The molecule has 0 N–H and O–H groups in total. The molecule has 1 aromatic carbocycles. The Hall–Kier alpha value is -2.15. The fourth-order valence-electron chi connectivity index (χ4n) is 2.90. The molecule has 1 heterocycles. The molecule has 1 saturated heterocycles. The molecule has 7 heteroatoms. The zero-order valence-electron chi connectivity index (χ0n) is 11.3. The highest BCUT2D eigenvalue weighted by Crippen LogP contribution is 2.37. The molecule has 0 radical (unpaired) electrons. The van der Waals surface area contributed by atoms with E-state index in [2.05, 4.69) is 0 Å². The molecule has 112 valence electrons. The van der Waals surface area contributed by atoms with Crippen LogP contribution in [0.5, 0.6) is 5.75 Å². The lowest BCUT2D eigenvalue weighted by molar-refractivity contribution is -0.384. The predicted molar refractivity (Wildman–Crippen MR) is 71.1 cm³/mol. The van der Waals surface area contributed by atoms with Gasteiger partial charge in [0.2, 0.25) is 0 Å². The molecular weight excluding hydrogens is 278 g/mol. The van der Waals surface area contributed by atoms with Gasteiger partial charge in [0.1, 0.15) is 11.9 Å². The third kappa shape index (κ3) is 3.13. The molecular formula is C14H15NO6. The first-order chi connectivity index (χ1) is 10.1. The van der Waals surface area contributed by atoms with Crippen LogP contribution < -0.4 is 4.74 Å². The van der Waals surface area contributed by atoms with Gasteiger partial charge in [0.25, 0.3) is 5.69 Å².